The Morgan fingerprint density at radius 1 is 1.32 bits per heavy atom. The molecule has 0 bridgehead atoms. The van der Waals surface area contributed by atoms with Crippen LogP contribution in [0.2, 0.25) is 0 Å². The third-order valence-electron chi connectivity index (χ3n) is 4.86. The van der Waals surface area contributed by atoms with Crippen molar-refractivity contribution in [3.8, 4) is 0 Å². The fraction of sp³-hybridized carbons (Fsp3) is 0.438. The number of hydrogen-bond donors (Lipinski definition) is 2. The highest BCUT2D eigenvalue weighted by Gasteiger charge is 2.40. The molecule has 2 aliphatic rings. The maximum atomic E-state index is 4.55. The van der Waals surface area contributed by atoms with Gasteiger partial charge in [-0.25, -0.2) is 0 Å². The molecule has 1 fully saturated rings. The van der Waals surface area contributed by atoms with Crippen LogP contribution in [0.3, 0.4) is 0 Å². The van der Waals surface area contributed by atoms with Gasteiger partial charge in [0.2, 0.25) is 0 Å². The molecule has 1 aliphatic heterocycles. The molecule has 3 heteroatoms. The number of rotatable bonds is 0. The summed E-state index contributed by atoms with van der Waals surface area (Å²) in [6.07, 6.45) is 5.87. The third kappa shape index (κ3) is 1.61. The minimum Gasteiger partial charge on any atom is -0.381 e. The van der Waals surface area contributed by atoms with Crippen molar-refractivity contribution in [2.24, 2.45) is 5.41 Å². The van der Waals surface area contributed by atoms with Crippen LogP contribution in [0.5, 0.6) is 0 Å². The van der Waals surface area contributed by atoms with Crippen molar-refractivity contribution >= 4 is 22.3 Å². The van der Waals surface area contributed by atoms with Crippen LogP contribution in [-0.4, -0.2) is 17.6 Å². The zero-order valence-electron chi connectivity index (χ0n) is 11.2. The van der Waals surface area contributed by atoms with Gasteiger partial charge in [0.25, 0.3) is 0 Å². The molecule has 0 radical (unpaired) electrons. The molecule has 1 saturated carbocycles. The van der Waals surface area contributed by atoms with Crippen molar-refractivity contribution in [2.45, 2.75) is 32.2 Å². The lowest BCUT2D eigenvalue weighted by Gasteiger charge is -2.30. The standard InChI is InChI=1S/C16H19N3/c1-16-8-4-7-14(16)19-15-11-5-2-3-6-12(11)17-9-13(15)18-10-16/h2-3,5-6,9,14,18-19H,4,7-8,10H2,1H3. The number of nitrogens with zero attached hydrogens (tertiary/aromatic N) is 1. The van der Waals surface area contributed by atoms with Crippen molar-refractivity contribution in [1.82, 2.24) is 4.98 Å². The number of pyridine rings is 1. The van der Waals surface area contributed by atoms with Gasteiger partial charge in [-0.05, 0) is 18.9 Å². The molecule has 1 aliphatic carbocycles. The predicted octanol–water partition coefficient (Wildman–Crippen LogP) is 3.63. The number of benzene rings is 1. The molecule has 2 unspecified atom stereocenters. The number of anilines is 2. The highest BCUT2D eigenvalue weighted by molar-refractivity contribution is 5.98. The molecule has 0 spiro atoms. The Kier molecular flexibility index (Phi) is 2.25. The average molecular weight is 253 g/mol. The van der Waals surface area contributed by atoms with Gasteiger partial charge in [-0.3, -0.25) is 4.98 Å². The van der Waals surface area contributed by atoms with Crippen LogP contribution in [0.1, 0.15) is 26.2 Å². The summed E-state index contributed by atoms with van der Waals surface area (Å²) in [5.41, 5.74) is 3.81. The van der Waals surface area contributed by atoms with E-state index in [2.05, 4.69) is 40.7 Å². The van der Waals surface area contributed by atoms with Gasteiger partial charge in [0.15, 0.2) is 0 Å². The van der Waals surface area contributed by atoms with E-state index in [0.29, 0.717) is 11.5 Å². The van der Waals surface area contributed by atoms with Crippen LogP contribution in [-0.2, 0) is 0 Å². The van der Waals surface area contributed by atoms with Gasteiger partial charge < -0.3 is 10.6 Å². The normalized spacial score (nSPS) is 29.0. The summed E-state index contributed by atoms with van der Waals surface area (Å²) in [7, 11) is 0. The Morgan fingerprint density at radius 3 is 3.16 bits per heavy atom. The number of nitrogens with one attached hydrogen (secondary N) is 2. The summed E-state index contributed by atoms with van der Waals surface area (Å²) in [4.78, 5) is 4.55. The van der Waals surface area contributed by atoms with Crippen LogP contribution < -0.4 is 10.6 Å². The zero-order chi connectivity index (χ0) is 12.9. The predicted molar refractivity (Wildman–Crippen MR) is 79.6 cm³/mol. The second-order valence-electron chi connectivity index (χ2n) is 6.16. The Morgan fingerprint density at radius 2 is 2.21 bits per heavy atom. The van der Waals surface area contributed by atoms with Crippen LogP contribution in [0, 0.1) is 5.41 Å². The Balaban J connectivity index is 1.88. The van der Waals surface area contributed by atoms with Gasteiger partial charge >= 0.3 is 0 Å². The van der Waals surface area contributed by atoms with Gasteiger partial charge in [0.05, 0.1) is 23.1 Å². The second kappa shape index (κ2) is 3.86. The molecule has 4 rings (SSSR count). The molecule has 2 atom stereocenters. The van der Waals surface area contributed by atoms with E-state index in [-0.39, 0.29) is 0 Å². The first-order valence-electron chi connectivity index (χ1n) is 7.14. The fourth-order valence-electron chi connectivity index (χ4n) is 3.59. The summed E-state index contributed by atoms with van der Waals surface area (Å²) in [5, 5.41) is 8.63. The summed E-state index contributed by atoms with van der Waals surface area (Å²) in [5.74, 6) is 0. The Bertz CT molecular complexity index is 637. The van der Waals surface area contributed by atoms with Gasteiger partial charge in [-0.15, -0.1) is 0 Å². The summed E-state index contributed by atoms with van der Waals surface area (Å²) >= 11 is 0. The second-order valence-corrected chi connectivity index (χ2v) is 6.16. The Hall–Kier alpha value is -1.77. The van der Waals surface area contributed by atoms with E-state index in [1.807, 2.05) is 12.3 Å². The maximum absolute atomic E-state index is 4.55. The van der Waals surface area contributed by atoms with Crippen LogP contribution in [0.25, 0.3) is 10.9 Å². The monoisotopic (exact) mass is 253 g/mol. The lowest BCUT2D eigenvalue weighted by molar-refractivity contribution is 0.336. The third-order valence-corrected chi connectivity index (χ3v) is 4.86. The molecule has 1 aromatic carbocycles. The smallest absolute Gasteiger partial charge is 0.0769 e. The van der Waals surface area contributed by atoms with Gasteiger partial charge in [-0.1, -0.05) is 31.5 Å². The van der Waals surface area contributed by atoms with E-state index in [0.717, 1.165) is 17.7 Å². The van der Waals surface area contributed by atoms with Crippen molar-refractivity contribution in [2.75, 3.05) is 17.2 Å². The highest BCUT2D eigenvalue weighted by atomic mass is 15.1. The summed E-state index contributed by atoms with van der Waals surface area (Å²) in [6.45, 7) is 3.43. The van der Waals surface area contributed by atoms with Gasteiger partial charge in [0, 0.05) is 23.4 Å². The average Bonchev–Trinajstić information content (AvgIpc) is 2.73. The van der Waals surface area contributed by atoms with Crippen LogP contribution in [0.15, 0.2) is 30.5 Å². The zero-order valence-corrected chi connectivity index (χ0v) is 11.2. The van der Waals surface area contributed by atoms with E-state index in [4.69, 9.17) is 0 Å². The van der Waals surface area contributed by atoms with Crippen LogP contribution in [0.4, 0.5) is 11.4 Å². The molecule has 0 amide bonds. The van der Waals surface area contributed by atoms with Crippen LogP contribution >= 0.6 is 0 Å². The Labute approximate surface area is 113 Å². The van der Waals surface area contributed by atoms with E-state index in [1.165, 1.54) is 30.3 Å². The minimum atomic E-state index is 0.361. The lowest BCUT2D eigenvalue weighted by Crippen LogP contribution is -2.36. The fourth-order valence-corrected chi connectivity index (χ4v) is 3.59. The van der Waals surface area contributed by atoms with E-state index >= 15 is 0 Å². The molecule has 98 valence electrons. The quantitative estimate of drug-likeness (QED) is 0.752. The molecular formula is C16H19N3. The first-order chi connectivity index (χ1) is 9.26. The van der Waals surface area contributed by atoms with Crippen molar-refractivity contribution in [3.05, 3.63) is 30.5 Å². The minimum absolute atomic E-state index is 0.361. The summed E-state index contributed by atoms with van der Waals surface area (Å²) in [6, 6.07) is 8.95. The summed E-state index contributed by atoms with van der Waals surface area (Å²) < 4.78 is 0. The molecule has 2 heterocycles. The number of fused-ring (bicyclic) bond motifs is 4. The molecule has 2 N–H and O–H groups in total. The topological polar surface area (TPSA) is 37.0 Å². The number of hydrogen-bond acceptors (Lipinski definition) is 3. The maximum Gasteiger partial charge on any atom is 0.0769 e. The molecule has 2 aromatic rings. The lowest BCUT2D eigenvalue weighted by atomic mass is 9.85. The highest BCUT2D eigenvalue weighted by Crippen LogP contribution is 2.44. The van der Waals surface area contributed by atoms with E-state index in [1.54, 1.807) is 0 Å². The largest absolute Gasteiger partial charge is 0.381 e. The molecule has 1 aromatic heterocycles. The number of aromatic nitrogens is 1. The van der Waals surface area contributed by atoms with Gasteiger partial charge in [-0.2, -0.15) is 0 Å². The molecule has 19 heavy (non-hydrogen) atoms. The SMILES string of the molecule is CC12CCCC1Nc1c(cnc3ccccc13)NC2. The van der Waals surface area contributed by atoms with Gasteiger partial charge in [0.1, 0.15) is 0 Å². The van der Waals surface area contributed by atoms with Crippen molar-refractivity contribution < 1.29 is 0 Å². The first-order valence-corrected chi connectivity index (χ1v) is 7.14. The van der Waals surface area contributed by atoms with E-state index in [9.17, 15) is 0 Å². The van der Waals surface area contributed by atoms with E-state index < -0.39 is 0 Å². The molecule has 0 saturated heterocycles. The first kappa shape index (κ1) is 11.1. The molecular weight excluding hydrogens is 234 g/mol. The molecule has 3 nitrogen and oxygen atoms in total. The van der Waals surface area contributed by atoms with Crippen molar-refractivity contribution in [1.29, 1.82) is 0 Å². The van der Waals surface area contributed by atoms with Crippen molar-refractivity contribution in [3.63, 3.8) is 0 Å². The number of para-hydroxylation sites is 1.